The number of ether oxygens (including phenoxy) is 2. The van der Waals surface area contributed by atoms with Gasteiger partial charge in [-0.2, -0.15) is 0 Å². The summed E-state index contributed by atoms with van der Waals surface area (Å²) in [5.74, 6) is 1.84. The summed E-state index contributed by atoms with van der Waals surface area (Å²) in [7, 11) is 2.89. The second-order valence-corrected chi connectivity index (χ2v) is 6.51. The highest BCUT2D eigenvalue weighted by molar-refractivity contribution is 7.70. The Morgan fingerprint density at radius 1 is 1.30 bits per heavy atom. The minimum absolute atomic E-state index is 0.529. The van der Waals surface area contributed by atoms with Gasteiger partial charge >= 0.3 is 0 Å². The first kappa shape index (κ1) is 16.5. The number of hydrogen-bond acceptors (Lipinski definition) is 2. The molecule has 0 heterocycles. The van der Waals surface area contributed by atoms with E-state index in [9.17, 15) is 0 Å². The lowest BCUT2D eigenvalue weighted by Crippen LogP contribution is -2.09. The van der Waals surface area contributed by atoms with Crippen molar-refractivity contribution >= 4 is 13.2 Å². The third-order valence-electron chi connectivity index (χ3n) is 2.99. The first-order chi connectivity index (χ1) is 9.73. The van der Waals surface area contributed by atoms with Gasteiger partial charge in [-0.25, -0.2) is 0 Å². The minimum atomic E-state index is -0.529. The van der Waals surface area contributed by atoms with Crippen molar-refractivity contribution in [3.05, 3.63) is 60.1 Å². The molecule has 2 nitrogen and oxygen atoms in total. The van der Waals surface area contributed by atoms with Crippen LogP contribution in [0.25, 0.3) is 0 Å². The Hall–Kier alpha value is -1.53. The van der Waals surface area contributed by atoms with Gasteiger partial charge < -0.3 is 9.47 Å². The molecule has 1 aromatic carbocycles. The molecule has 0 aliphatic carbocycles. The molecule has 0 spiro atoms. The maximum Gasteiger partial charge on any atom is 0.126 e. The van der Waals surface area contributed by atoms with E-state index in [1.807, 2.05) is 37.3 Å². The summed E-state index contributed by atoms with van der Waals surface area (Å²) in [5.41, 5.74) is 0. The van der Waals surface area contributed by atoms with E-state index in [0.29, 0.717) is 0 Å². The van der Waals surface area contributed by atoms with Gasteiger partial charge in [0.25, 0.3) is 0 Å². The van der Waals surface area contributed by atoms with Crippen LogP contribution in [0.4, 0.5) is 0 Å². The predicted molar refractivity (Wildman–Crippen MR) is 89.1 cm³/mol. The van der Waals surface area contributed by atoms with Crippen LogP contribution in [-0.2, 0) is 4.74 Å². The Morgan fingerprint density at radius 3 is 2.50 bits per heavy atom. The van der Waals surface area contributed by atoms with Crippen LogP contribution in [0.5, 0.6) is 5.75 Å². The van der Waals surface area contributed by atoms with E-state index in [1.54, 1.807) is 14.2 Å². The Labute approximate surface area is 123 Å². The Bertz CT molecular complexity index is 503. The van der Waals surface area contributed by atoms with E-state index in [4.69, 9.17) is 9.47 Å². The molecule has 0 fully saturated rings. The molecule has 0 saturated heterocycles. The summed E-state index contributed by atoms with van der Waals surface area (Å²) in [4.78, 5) is 0. The van der Waals surface area contributed by atoms with Gasteiger partial charge in [0.15, 0.2) is 0 Å². The molecule has 1 unspecified atom stereocenters. The zero-order valence-corrected chi connectivity index (χ0v) is 13.6. The van der Waals surface area contributed by atoms with Gasteiger partial charge in [0.2, 0.25) is 0 Å². The first-order valence-electron chi connectivity index (χ1n) is 6.67. The number of methoxy groups -OCH3 is 2. The molecule has 108 valence electrons. The Balaban J connectivity index is 3.34. The SMILES string of the molecule is C=C/C=C(\C(=C/C)OC)P(CC)c1ccccc1OC. The molecule has 0 radical (unpaired) electrons. The van der Waals surface area contributed by atoms with Gasteiger partial charge in [-0.05, 0) is 33.1 Å². The lowest BCUT2D eigenvalue weighted by molar-refractivity contribution is 0.304. The van der Waals surface area contributed by atoms with Gasteiger partial charge in [0.05, 0.1) is 14.2 Å². The highest BCUT2D eigenvalue weighted by Crippen LogP contribution is 2.49. The van der Waals surface area contributed by atoms with Crippen molar-refractivity contribution in [1.29, 1.82) is 0 Å². The maximum atomic E-state index is 5.51. The average Bonchev–Trinajstić information content (AvgIpc) is 2.49. The highest BCUT2D eigenvalue weighted by Gasteiger charge is 2.20. The van der Waals surface area contributed by atoms with E-state index in [1.165, 1.54) is 10.6 Å². The normalized spacial score (nSPS) is 13.8. The van der Waals surface area contributed by atoms with Crippen molar-refractivity contribution in [2.75, 3.05) is 20.4 Å². The van der Waals surface area contributed by atoms with Crippen LogP contribution < -0.4 is 10.0 Å². The van der Waals surface area contributed by atoms with Crippen molar-refractivity contribution in [3.63, 3.8) is 0 Å². The molecule has 0 aliphatic rings. The summed E-state index contributed by atoms with van der Waals surface area (Å²) in [6.45, 7) is 8.00. The highest BCUT2D eigenvalue weighted by atomic mass is 31.1. The van der Waals surface area contributed by atoms with E-state index in [0.717, 1.165) is 17.7 Å². The molecule has 0 N–H and O–H groups in total. The molecular formula is C17H23O2P. The van der Waals surface area contributed by atoms with Crippen LogP contribution >= 0.6 is 7.92 Å². The fraction of sp³-hybridized carbons (Fsp3) is 0.294. The maximum absolute atomic E-state index is 5.51. The number of benzene rings is 1. The van der Waals surface area contributed by atoms with Gasteiger partial charge in [-0.1, -0.05) is 43.9 Å². The number of para-hydroxylation sites is 1. The summed E-state index contributed by atoms with van der Waals surface area (Å²) in [5, 5.41) is 2.42. The van der Waals surface area contributed by atoms with Crippen LogP contribution in [0.1, 0.15) is 13.8 Å². The molecule has 1 rings (SSSR count). The Kier molecular flexibility index (Phi) is 7.11. The number of allylic oxidation sites excluding steroid dienone is 4. The van der Waals surface area contributed by atoms with Gasteiger partial charge in [-0.3, -0.25) is 0 Å². The molecule has 0 bridgehead atoms. The van der Waals surface area contributed by atoms with Crippen molar-refractivity contribution in [3.8, 4) is 5.75 Å². The van der Waals surface area contributed by atoms with Gasteiger partial charge in [-0.15, -0.1) is 0 Å². The van der Waals surface area contributed by atoms with Gasteiger partial charge in [0.1, 0.15) is 11.5 Å². The molecule has 0 amide bonds. The molecule has 0 saturated carbocycles. The minimum Gasteiger partial charge on any atom is -0.496 e. The lowest BCUT2D eigenvalue weighted by atomic mass is 10.3. The summed E-state index contributed by atoms with van der Waals surface area (Å²) in [6, 6.07) is 8.19. The first-order valence-corrected chi connectivity index (χ1v) is 8.20. The topological polar surface area (TPSA) is 18.5 Å². The molecule has 3 heteroatoms. The van der Waals surface area contributed by atoms with Crippen molar-refractivity contribution in [2.45, 2.75) is 13.8 Å². The largest absolute Gasteiger partial charge is 0.496 e. The van der Waals surface area contributed by atoms with Crippen LogP contribution in [0.15, 0.2) is 60.1 Å². The van der Waals surface area contributed by atoms with Crippen molar-refractivity contribution in [1.82, 2.24) is 0 Å². The smallest absolute Gasteiger partial charge is 0.126 e. The monoisotopic (exact) mass is 290 g/mol. The van der Waals surface area contributed by atoms with E-state index in [-0.39, 0.29) is 0 Å². The molecular weight excluding hydrogens is 267 g/mol. The number of rotatable bonds is 7. The van der Waals surface area contributed by atoms with Crippen LogP contribution in [0.2, 0.25) is 0 Å². The molecule has 1 aromatic rings. The third kappa shape index (κ3) is 3.74. The second kappa shape index (κ2) is 8.60. The fourth-order valence-corrected chi connectivity index (χ4v) is 4.52. The standard InChI is InChI=1S/C17H23O2P/c1-6-11-16(14(7-2)18-4)20(8-3)17-13-10-9-12-15(17)19-5/h6-7,9-13H,1,8H2,2-5H3/b14-7+,16-11+. The van der Waals surface area contributed by atoms with Gasteiger partial charge in [0, 0.05) is 10.6 Å². The molecule has 1 atom stereocenters. The number of hydrogen-bond donors (Lipinski definition) is 0. The fourth-order valence-electron chi connectivity index (χ4n) is 2.11. The van der Waals surface area contributed by atoms with Crippen LogP contribution in [-0.4, -0.2) is 20.4 Å². The van der Waals surface area contributed by atoms with Crippen molar-refractivity contribution in [2.24, 2.45) is 0 Å². The average molecular weight is 290 g/mol. The quantitative estimate of drug-likeness (QED) is 0.420. The van der Waals surface area contributed by atoms with E-state index < -0.39 is 7.92 Å². The zero-order valence-electron chi connectivity index (χ0n) is 12.7. The molecule has 20 heavy (non-hydrogen) atoms. The third-order valence-corrected chi connectivity index (χ3v) is 5.53. The predicted octanol–water partition coefficient (Wildman–Crippen LogP) is 4.44. The second-order valence-electron chi connectivity index (χ2n) is 4.06. The zero-order chi connectivity index (χ0) is 15.0. The lowest BCUT2D eigenvalue weighted by Gasteiger charge is -2.23. The van der Waals surface area contributed by atoms with Crippen LogP contribution in [0, 0.1) is 0 Å². The molecule has 0 aromatic heterocycles. The molecule has 0 aliphatic heterocycles. The summed E-state index contributed by atoms with van der Waals surface area (Å²) < 4.78 is 11.0. The summed E-state index contributed by atoms with van der Waals surface area (Å²) >= 11 is 0. The van der Waals surface area contributed by atoms with Crippen LogP contribution in [0.3, 0.4) is 0 Å². The van der Waals surface area contributed by atoms with E-state index in [2.05, 4.69) is 25.6 Å². The Morgan fingerprint density at radius 2 is 2.00 bits per heavy atom. The van der Waals surface area contributed by atoms with Crippen molar-refractivity contribution < 1.29 is 9.47 Å². The van der Waals surface area contributed by atoms with E-state index >= 15 is 0 Å². The summed E-state index contributed by atoms with van der Waals surface area (Å²) in [6.07, 6.45) is 6.88.